The van der Waals surface area contributed by atoms with Gasteiger partial charge in [-0.05, 0) is 24.7 Å². The molecule has 0 aliphatic rings. The quantitative estimate of drug-likeness (QED) is 0.663. The maximum atomic E-state index is 9.21. The van der Waals surface area contributed by atoms with Gasteiger partial charge in [-0.1, -0.05) is 38.5 Å². The third-order valence-corrected chi connectivity index (χ3v) is 1.66. The van der Waals surface area contributed by atoms with Crippen molar-refractivity contribution in [3.05, 3.63) is 0 Å². The molecule has 0 aliphatic carbocycles. The minimum atomic E-state index is -0.586. The molecule has 0 aromatic carbocycles. The molecule has 78 valence electrons. The molecular formula is C12H18O2. The Morgan fingerprint density at radius 1 is 0.857 bits per heavy atom. The van der Waals surface area contributed by atoms with Crippen molar-refractivity contribution in [3.63, 3.8) is 0 Å². The Morgan fingerprint density at radius 3 is 1.50 bits per heavy atom. The lowest BCUT2D eigenvalue weighted by Crippen LogP contribution is -2.01. The first kappa shape index (κ1) is 13.0. The van der Waals surface area contributed by atoms with E-state index in [1.807, 2.05) is 13.8 Å². The topological polar surface area (TPSA) is 40.5 Å². The number of rotatable bonds is 4. The largest absolute Gasteiger partial charge is 0.380 e. The first-order valence-corrected chi connectivity index (χ1v) is 5.07. The molecule has 0 rings (SSSR count). The van der Waals surface area contributed by atoms with E-state index in [1.165, 1.54) is 0 Å². The van der Waals surface area contributed by atoms with Crippen LogP contribution in [0.3, 0.4) is 0 Å². The molecule has 0 spiro atoms. The van der Waals surface area contributed by atoms with Crippen LogP contribution in [-0.4, -0.2) is 22.4 Å². The monoisotopic (exact) mass is 194 g/mol. The predicted molar refractivity (Wildman–Crippen MR) is 57.4 cm³/mol. The second kappa shape index (κ2) is 8.63. The Balaban J connectivity index is 3.88. The summed E-state index contributed by atoms with van der Waals surface area (Å²) in [6.45, 7) is 3.98. The van der Waals surface area contributed by atoms with Crippen molar-refractivity contribution in [1.82, 2.24) is 0 Å². The highest BCUT2D eigenvalue weighted by atomic mass is 16.3. The van der Waals surface area contributed by atoms with Crippen molar-refractivity contribution >= 4 is 0 Å². The number of hydrogen-bond acceptors (Lipinski definition) is 2. The third kappa shape index (κ3) is 7.68. The highest BCUT2D eigenvalue weighted by molar-refractivity contribution is 5.28. The molecule has 0 heterocycles. The third-order valence-electron chi connectivity index (χ3n) is 1.66. The summed E-state index contributed by atoms with van der Waals surface area (Å²) in [6.07, 6.45) is 1.98. The molecule has 2 nitrogen and oxygen atoms in total. The van der Waals surface area contributed by atoms with Crippen molar-refractivity contribution in [2.75, 3.05) is 0 Å². The summed E-state index contributed by atoms with van der Waals surface area (Å²) in [7, 11) is 0. The molecule has 0 radical (unpaired) electrons. The van der Waals surface area contributed by atoms with E-state index in [4.69, 9.17) is 0 Å². The Hall–Kier alpha value is -0.960. The van der Waals surface area contributed by atoms with Gasteiger partial charge in [0.25, 0.3) is 0 Å². The molecular weight excluding hydrogens is 176 g/mol. The fraction of sp³-hybridized carbons (Fsp3) is 0.667. The van der Waals surface area contributed by atoms with Crippen LogP contribution < -0.4 is 0 Å². The van der Waals surface area contributed by atoms with Gasteiger partial charge in [0.1, 0.15) is 12.2 Å². The zero-order valence-electron chi connectivity index (χ0n) is 8.88. The molecule has 0 aromatic heterocycles. The van der Waals surface area contributed by atoms with Gasteiger partial charge < -0.3 is 10.2 Å². The Labute approximate surface area is 86.3 Å². The summed E-state index contributed by atoms with van der Waals surface area (Å²) >= 11 is 0. The van der Waals surface area contributed by atoms with E-state index in [1.54, 1.807) is 0 Å². The van der Waals surface area contributed by atoms with E-state index >= 15 is 0 Å². The van der Waals surface area contributed by atoms with E-state index in [-0.39, 0.29) is 0 Å². The van der Waals surface area contributed by atoms with E-state index in [9.17, 15) is 10.2 Å². The second-order valence-electron chi connectivity index (χ2n) is 3.15. The summed E-state index contributed by atoms with van der Waals surface area (Å²) < 4.78 is 0. The molecule has 0 bridgehead atoms. The molecule has 0 fully saturated rings. The Bertz CT molecular complexity index is 221. The molecule has 2 atom stereocenters. The SMILES string of the molecule is CCCC(O)C#CC#CC(O)CCC. The van der Waals surface area contributed by atoms with Crippen molar-refractivity contribution < 1.29 is 10.2 Å². The fourth-order valence-electron chi connectivity index (χ4n) is 0.930. The van der Waals surface area contributed by atoms with Crippen LogP contribution in [0, 0.1) is 23.7 Å². The number of aliphatic hydroxyl groups excluding tert-OH is 2. The van der Waals surface area contributed by atoms with Crippen LogP contribution in [0.4, 0.5) is 0 Å². The second-order valence-corrected chi connectivity index (χ2v) is 3.15. The van der Waals surface area contributed by atoms with Crippen molar-refractivity contribution in [2.45, 2.75) is 51.7 Å². The molecule has 0 saturated heterocycles. The van der Waals surface area contributed by atoms with Gasteiger partial charge in [0.2, 0.25) is 0 Å². The van der Waals surface area contributed by atoms with Gasteiger partial charge in [-0.15, -0.1) is 0 Å². The van der Waals surface area contributed by atoms with Crippen LogP contribution in [0.25, 0.3) is 0 Å². The Morgan fingerprint density at radius 2 is 1.21 bits per heavy atom. The fourth-order valence-corrected chi connectivity index (χ4v) is 0.930. The number of hydrogen-bond donors (Lipinski definition) is 2. The summed E-state index contributed by atoms with van der Waals surface area (Å²) in [5, 5.41) is 18.4. The van der Waals surface area contributed by atoms with Crippen LogP contribution in [0.2, 0.25) is 0 Å². The van der Waals surface area contributed by atoms with Gasteiger partial charge in [-0.3, -0.25) is 0 Å². The summed E-state index contributed by atoms with van der Waals surface area (Å²) in [5.74, 6) is 10.3. The minimum absolute atomic E-state index is 0.586. The van der Waals surface area contributed by atoms with E-state index in [0.717, 1.165) is 12.8 Å². The van der Waals surface area contributed by atoms with Gasteiger partial charge in [-0.2, -0.15) is 0 Å². The average molecular weight is 194 g/mol. The van der Waals surface area contributed by atoms with Crippen molar-refractivity contribution in [3.8, 4) is 23.7 Å². The Kier molecular flexibility index (Phi) is 8.04. The van der Waals surface area contributed by atoms with Gasteiger partial charge in [0, 0.05) is 0 Å². The first-order chi connectivity index (χ1) is 6.70. The predicted octanol–water partition coefficient (Wildman–Crippen LogP) is 1.32. The lowest BCUT2D eigenvalue weighted by molar-refractivity contribution is 0.220. The molecule has 14 heavy (non-hydrogen) atoms. The molecule has 2 N–H and O–H groups in total. The summed E-state index contributed by atoms with van der Waals surface area (Å²) in [4.78, 5) is 0. The molecule has 0 amide bonds. The molecule has 2 unspecified atom stereocenters. The summed E-state index contributed by atoms with van der Waals surface area (Å²) in [5.41, 5.74) is 0. The van der Waals surface area contributed by atoms with Crippen molar-refractivity contribution in [1.29, 1.82) is 0 Å². The number of aliphatic hydroxyl groups is 2. The van der Waals surface area contributed by atoms with Gasteiger partial charge in [0.15, 0.2) is 0 Å². The van der Waals surface area contributed by atoms with Crippen LogP contribution in [0.15, 0.2) is 0 Å². The zero-order chi connectivity index (χ0) is 10.8. The van der Waals surface area contributed by atoms with Crippen LogP contribution in [0.5, 0.6) is 0 Å². The highest BCUT2D eigenvalue weighted by Gasteiger charge is 1.95. The van der Waals surface area contributed by atoms with Crippen LogP contribution >= 0.6 is 0 Å². The molecule has 2 heteroatoms. The molecule has 0 aromatic rings. The molecule has 0 saturated carbocycles. The van der Waals surface area contributed by atoms with E-state index < -0.39 is 12.2 Å². The van der Waals surface area contributed by atoms with Gasteiger partial charge >= 0.3 is 0 Å². The average Bonchev–Trinajstić information content (AvgIpc) is 2.13. The van der Waals surface area contributed by atoms with Crippen LogP contribution in [-0.2, 0) is 0 Å². The maximum Gasteiger partial charge on any atom is 0.115 e. The first-order valence-electron chi connectivity index (χ1n) is 5.07. The lowest BCUT2D eigenvalue weighted by Gasteiger charge is -1.97. The van der Waals surface area contributed by atoms with Gasteiger partial charge in [0.05, 0.1) is 0 Å². The normalized spacial score (nSPS) is 13.1. The van der Waals surface area contributed by atoms with Crippen LogP contribution in [0.1, 0.15) is 39.5 Å². The smallest absolute Gasteiger partial charge is 0.115 e. The standard InChI is InChI=1S/C12H18O2/c1-3-7-11(13)9-5-6-10-12(14)8-4-2/h11-14H,3-4,7-8H2,1-2H3. The van der Waals surface area contributed by atoms with Gasteiger partial charge in [-0.25, -0.2) is 0 Å². The van der Waals surface area contributed by atoms with E-state index in [2.05, 4.69) is 23.7 Å². The lowest BCUT2D eigenvalue weighted by atomic mass is 10.2. The maximum absolute atomic E-state index is 9.21. The highest BCUT2D eigenvalue weighted by Crippen LogP contribution is 1.94. The molecule has 0 aliphatic heterocycles. The zero-order valence-corrected chi connectivity index (χ0v) is 8.88. The summed E-state index contributed by atoms with van der Waals surface area (Å²) in [6, 6.07) is 0. The minimum Gasteiger partial charge on any atom is -0.380 e. The van der Waals surface area contributed by atoms with Crippen molar-refractivity contribution in [2.24, 2.45) is 0 Å². The van der Waals surface area contributed by atoms with E-state index in [0.29, 0.717) is 12.8 Å².